The largest absolute Gasteiger partial charge is 0.467 e. The molecule has 33 heavy (non-hydrogen) atoms. The molecule has 0 spiro atoms. The van der Waals surface area contributed by atoms with Gasteiger partial charge in [0.05, 0.1) is 54.5 Å². The van der Waals surface area contributed by atoms with Crippen molar-refractivity contribution in [3.63, 3.8) is 0 Å². The van der Waals surface area contributed by atoms with Crippen LogP contribution in [0.2, 0.25) is 5.02 Å². The van der Waals surface area contributed by atoms with Crippen LogP contribution in [-0.4, -0.2) is 74.4 Å². The highest BCUT2D eigenvalue weighted by Crippen LogP contribution is 2.27. The quantitative estimate of drug-likeness (QED) is 0.393. The molecular weight excluding hydrogens is 448 g/mol. The first-order valence-electron chi connectivity index (χ1n) is 10.3. The summed E-state index contributed by atoms with van der Waals surface area (Å²) in [6.45, 7) is 4.22. The number of methoxy groups -OCH3 is 1. The summed E-state index contributed by atoms with van der Waals surface area (Å²) in [5, 5.41) is 9.82. The molecule has 3 N–H and O–H groups in total. The molecule has 1 amide bonds. The first-order chi connectivity index (χ1) is 16.1. The van der Waals surface area contributed by atoms with Gasteiger partial charge in [0.15, 0.2) is 11.5 Å². The van der Waals surface area contributed by atoms with Crippen LogP contribution in [0.1, 0.15) is 16.1 Å². The van der Waals surface area contributed by atoms with Gasteiger partial charge >= 0.3 is 6.01 Å². The van der Waals surface area contributed by atoms with E-state index in [0.717, 1.165) is 43.9 Å². The minimum atomic E-state index is -0.521. The number of H-pyrrole nitrogens is 2. The number of anilines is 1. The third kappa shape index (κ3) is 4.51. The third-order valence-corrected chi connectivity index (χ3v) is 5.58. The van der Waals surface area contributed by atoms with Gasteiger partial charge in [-0.15, -0.1) is 0 Å². The highest BCUT2D eigenvalue weighted by atomic mass is 35.5. The summed E-state index contributed by atoms with van der Waals surface area (Å²) in [6.07, 6.45) is 2.81. The van der Waals surface area contributed by atoms with Crippen molar-refractivity contribution < 1.29 is 14.3 Å². The van der Waals surface area contributed by atoms with Crippen LogP contribution in [-0.2, 0) is 11.3 Å². The second kappa shape index (κ2) is 9.14. The second-order valence-electron chi connectivity index (χ2n) is 7.49. The maximum Gasteiger partial charge on any atom is 0.316 e. The smallest absolute Gasteiger partial charge is 0.316 e. The predicted molar refractivity (Wildman–Crippen MR) is 121 cm³/mol. The van der Waals surface area contributed by atoms with E-state index in [1.807, 2.05) is 6.07 Å². The Morgan fingerprint density at radius 2 is 2.12 bits per heavy atom. The van der Waals surface area contributed by atoms with Crippen molar-refractivity contribution in [3.05, 3.63) is 46.9 Å². The molecule has 3 aromatic heterocycles. The molecule has 0 bridgehead atoms. The van der Waals surface area contributed by atoms with E-state index in [-0.39, 0.29) is 16.7 Å². The number of halogens is 1. The lowest BCUT2D eigenvalue weighted by Crippen LogP contribution is -2.35. The molecule has 0 saturated carbocycles. The Labute approximate surface area is 193 Å². The normalized spacial score (nSPS) is 14.5. The van der Waals surface area contributed by atoms with Crippen LogP contribution in [0.4, 0.5) is 5.69 Å². The van der Waals surface area contributed by atoms with E-state index >= 15 is 0 Å². The van der Waals surface area contributed by atoms with Crippen LogP contribution in [0.3, 0.4) is 0 Å². The first-order valence-corrected chi connectivity index (χ1v) is 10.7. The van der Waals surface area contributed by atoms with E-state index in [0.29, 0.717) is 17.2 Å². The summed E-state index contributed by atoms with van der Waals surface area (Å²) in [6, 6.07) is 6.18. The molecule has 4 heterocycles. The number of nitrogens with one attached hydrogen (secondary N) is 3. The Balaban J connectivity index is 1.38. The van der Waals surface area contributed by atoms with Gasteiger partial charge in [-0.05, 0) is 17.7 Å². The summed E-state index contributed by atoms with van der Waals surface area (Å²) < 4.78 is 10.4. The van der Waals surface area contributed by atoms with Gasteiger partial charge in [-0.1, -0.05) is 17.7 Å². The number of ether oxygens (including phenoxy) is 2. The number of hydrogen-bond acceptors (Lipinski definition) is 8. The third-order valence-electron chi connectivity index (χ3n) is 5.30. The van der Waals surface area contributed by atoms with Crippen molar-refractivity contribution in [2.24, 2.45) is 0 Å². The monoisotopic (exact) mass is 468 g/mol. The second-order valence-corrected chi connectivity index (χ2v) is 7.90. The molecule has 0 radical (unpaired) electrons. The molecule has 1 saturated heterocycles. The zero-order chi connectivity index (χ0) is 22.8. The fraction of sp³-hybridized carbons (Fsp3) is 0.286. The lowest BCUT2D eigenvalue weighted by Gasteiger charge is -2.26. The van der Waals surface area contributed by atoms with Gasteiger partial charge in [-0.25, -0.2) is 9.97 Å². The van der Waals surface area contributed by atoms with E-state index < -0.39 is 5.91 Å². The van der Waals surface area contributed by atoms with Crippen molar-refractivity contribution in [1.29, 1.82) is 0 Å². The van der Waals surface area contributed by atoms with Crippen molar-refractivity contribution in [2.75, 3.05) is 38.7 Å². The van der Waals surface area contributed by atoms with E-state index in [1.54, 1.807) is 0 Å². The maximum atomic E-state index is 12.8. The van der Waals surface area contributed by atoms with E-state index in [1.165, 1.54) is 25.1 Å². The number of benzene rings is 1. The van der Waals surface area contributed by atoms with Crippen LogP contribution < -0.4 is 10.1 Å². The van der Waals surface area contributed by atoms with Gasteiger partial charge < -0.3 is 19.8 Å². The SMILES string of the molecule is COc1ncc(Cl)c(C(=O)Nc2cn[nH]c2-c2nc3ccc(CN4CCOCC4)cc3[nH]2)n1. The molecule has 12 heteroatoms. The van der Waals surface area contributed by atoms with Crippen LogP contribution in [0.25, 0.3) is 22.6 Å². The number of carbonyl (C=O) groups is 1. The lowest BCUT2D eigenvalue weighted by molar-refractivity contribution is 0.0342. The molecular formula is C21H21ClN8O3. The van der Waals surface area contributed by atoms with E-state index in [2.05, 4.69) is 52.5 Å². The predicted octanol–water partition coefficient (Wildman–Crippen LogP) is 2.49. The van der Waals surface area contributed by atoms with E-state index in [9.17, 15) is 4.79 Å². The average molecular weight is 469 g/mol. The molecule has 1 aliphatic heterocycles. The molecule has 11 nitrogen and oxygen atoms in total. The van der Waals surface area contributed by atoms with Crippen LogP contribution in [0, 0.1) is 0 Å². The zero-order valence-electron chi connectivity index (χ0n) is 17.8. The summed E-state index contributed by atoms with van der Waals surface area (Å²) in [5.41, 5.74) is 3.85. The molecule has 0 atom stereocenters. The van der Waals surface area contributed by atoms with Gasteiger partial charge in [0.2, 0.25) is 0 Å². The Morgan fingerprint density at radius 1 is 1.27 bits per heavy atom. The van der Waals surface area contributed by atoms with Gasteiger partial charge in [-0.2, -0.15) is 10.1 Å². The van der Waals surface area contributed by atoms with Gasteiger partial charge in [0.25, 0.3) is 5.91 Å². The van der Waals surface area contributed by atoms with Crippen molar-refractivity contribution in [3.8, 4) is 17.5 Å². The first kappa shape index (κ1) is 21.3. The fourth-order valence-electron chi connectivity index (χ4n) is 3.64. The van der Waals surface area contributed by atoms with Crippen LogP contribution in [0.15, 0.2) is 30.6 Å². The Bertz CT molecular complexity index is 1300. The number of morpholine rings is 1. The zero-order valence-corrected chi connectivity index (χ0v) is 18.5. The number of imidazole rings is 1. The van der Waals surface area contributed by atoms with Crippen LogP contribution >= 0.6 is 11.6 Å². The highest BCUT2D eigenvalue weighted by Gasteiger charge is 2.19. The highest BCUT2D eigenvalue weighted by molar-refractivity contribution is 6.34. The number of hydrogen-bond donors (Lipinski definition) is 3. The van der Waals surface area contributed by atoms with E-state index in [4.69, 9.17) is 21.1 Å². The van der Waals surface area contributed by atoms with Gasteiger partial charge in [0.1, 0.15) is 5.69 Å². The Kier molecular flexibility index (Phi) is 5.90. The number of nitrogens with zero attached hydrogens (tertiary/aromatic N) is 5. The number of amides is 1. The topological polar surface area (TPSA) is 134 Å². The molecule has 1 aliphatic rings. The van der Waals surface area contributed by atoms with Crippen molar-refractivity contribution in [1.82, 2.24) is 35.0 Å². The summed E-state index contributed by atoms with van der Waals surface area (Å²) in [4.78, 5) is 31.0. The standard InChI is InChI=1S/C21H21ClN8O3/c1-32-21-23-9-13(22)17(28-21)20(31)27-16-10-24-29-18(16)19-25-14-3-2-12(8-15(14)26-19)11-30-4-6-33-7-5-30/h2-3,8-10H,4-7,11H2,1H3,(H,24,29)(H,25,26)(H,27,31). The molecule has 5 rings (SSSR count). The molecule has 1 fully saturated rings. The summed E-state index contributed by atoms with van der Waals surface area (Å²) in [5.74, 6) is 0.0277. The number of carbonyl (C=O) groups excluding carboxylic acids is 1. The van der Waals surface area contributed by atoms with Crippen LogP contribution in [0.5, 0.6) is 6.01 Å². The Hall–Kier alpha value is -3.54. The number of aromatic nitrogens is 6. The molecule has 0 aliphatic carbocycles. The lowest BCUT2D eigenvalue weighted by atomic mass is 10.2. The van der Waals surface area contributed by atoms with Crippen molar-refractivity contribution in [2.45, 2.75) is 6.54 Å². The Morgan fingerprint density at radius 3 is 2.94 bits per heavy atom. The molecule has 0 unspecified atom stereocenters. The molecule has 1 aromatic carbocycles. The van der Waals surface area contributed by atoms with Gasteiger partial charge in [-0.3, -0.25) is 14.8 Å². The molecule has 170 valence electrons. The van der Waals surface area contributed by atoms with Gasteiger partial charge in [0, 0.05) is 19.6 Å². The number of aromatic amines is 2. The summed E-state index contributed by atoms with van der Waals surface area (Å²) >= 11 is 6.09. The minimum absolute atomic E-state index is 0.00646. The summed E-state index contributed by atoms with van der Waals surface area (Å²) in [7, 11) is 1.41. The average Bonchev–Trinajstić information content (AvgIpc) is 3.46. The maximum absolute atomic E-state index is 12.8. The molecule has 4 aromatic rings. The van der Waals surface area contributed by atoms with Crippen molar-refractivity contribution >= 4 is 34.2 Å². The minimum Gasteiger partial charge on any atom is -0.467 e. The number of rotatable bonds is 6. The number of fused-ring (bicyclic) bond motifs is 1. The fourth-order valence-corrected chi connectivity index (χ4v) is 3.82.